The fourth-order valence-corrected chi connectivity index (χ4v) is 4.46. The van der Waals surface area contributed by atoms with Crippen LogP contribution in [0.3, 0.4) is 0 Å². The quantitative estimate of drug-likeness (QED) is 0.364. The minimum Gasteiger partial charge on any atom is -0.318 e. The molecule has 1 N–H and O–H groups in total. The maximum Gasteiger partial charge on any atom is 0.261 e. The van der Waals surface area contributed by atoms with E-state index in [0.29, 0.717) is 16.0 Å². The number of fused-ring (bicyclic) bond motifs is 1. The van der Waals surface area contributed by atoms with Gasteiger partial charge < -0.3 is 4.57 Å². The predicted octanol–water partition coefficient (Wildman–Crippen LogP) is 4.70. The molecule has 0 atom stereocenters. The van der Waals surface area contributed by atoms with Gasteiger partial charge in [0.1, 0.15) is 0 Å². The summed E-state index contributed by atoms with van der Waals surface area (Å²) in [4.78, 5) is 0.205. The average Bonchev–Trinajstić information content (AvgIpc) is 2.98. The largest absolute Gasteiger partial charge is 0.318 e. The number of sulfonamides is 1. The minimum absolute atomic E-state index is 0.205. The number of aryl methyl sites for hydroxylation is 2. The van der Waals surface area contributed by atoms with Gasteiger partial charge in [-0.15, -0.1) is 0 Å². The van der Waals surface area contributed by atoms with E-state index in [2.05, 4.69) is 9.82 Å². The third-order valence-corrected chi connectivity index (χ3v) is 6.62. The van der Waals surface area contributed by atoms with Crippen LogP contribution >= 0.6 is 12.2 Å². The Bertz CT molecular complexity index is 1420. The number of imidazole rings is 1. The molecule has 1 heterocycles. The first-order valence-electron chi connectivity index (χ1n) is 9.26. The number of para-hydroxylation sites is 3. The van der Waals surface area contributed by atoms with Crippen LogP contribution in [-0.4, -0.2) is 23.9 Å². The monoisotopic (exact) mass is 436 g/mol. The van der Waals surface area contributed by atoms with Gasteiger partial charge in [0, 0.05) is 12.6 Å². The molecule has 30 heavy (non-hydrogen) atoms. The fourth-order valence-electron chi connectivity index (χ4n) is 3.13. The lowest BCUT2D eigenvalue weighted by molar-refractivity contribution is 0.601. The van der Waals surface area contributed by atoms with Crippen LogP contribution in [-0.2, 0) is 17.1 Å². The Morgan fingerprint density at radius 2 is 1.57 bits per heavy atom. The van der Waals surface area contributed by atoms with Crippen molar-refractivity contribution in [2.24, 2.45) is 12.1 Å². The van der Waals surface area contributed by atoms with Crippen molar-refractivity contribution >= 4 is 45.2 Å². The summed E-state index contributed by atoms with van der Waals surface area (Å²) in [5, 5.41) is 4.53. The van der Waals surface area contributed by atoms with Gasteiger partial charge in [-0.25, -0.2) is 13.1 Å². The van der Waals surface area contributed by atoms with E-state index in [1.807, 2.05) is 48.9 Å². The van der Waals surface area contributed by atoms with E-state index >= 15 is 0 Å². The highest BCUT2D eigenvalue weighted by Gasteiger charge is 2.15. The van der Waals surface area contributed by atoms with Crippen molar-refractivity contribution in [1.82, 2.24) is 9.24 Å². The zero-order valence-corrected chi connectivity index (χ0v) is 18.1. The van der Waals surface area contributed by atoms with Gasteiger partial charge in [0.05, 0.1) is 27.8 Å². The van der Waals surface area contributed by atoms with Crippen molar-refractivity contribution in [3.05, 3.63) is 88.7 Å². The molecule has 0 amide bonds. The zero-order chi connectivity index (χ0) is 21.3. The molecule has 0 aliphatic carbocycles. The maximum absolute atomic E-state index is 12.8. The van der Waals surface area contributed by atoms with Crippen LogP contribution in [0.5, 0.6) is 0 Å². The Labute approximate surface area is 180 Å². The first-order chi connectivity index (χ1) is 14.4. The molecule has 152 valence electrons. The summed E-state index contributed by atoms with van der Waals surface area (Å²) in [6.07, 6.45) is 1.61. The van der Waals surface area contributed by atoms with E-state index in [0.717, 1.165) is 16.6 Å². The molecule has 0 aliphatic heterocycles. The summed E-state index contributed by atoms with van der Waals surface area (Å²) in [7, 11) is -1.83. The van der Waals surface area contributed by atoms with Crippen LogP contribution in [0, 0.1) is 11.7 Å². The summed E-state index contributed by atoms with van der Waals surface area (Å²) in [5.41, 5.74) is 3.90. The van der Waals surface area contributed by atoms with Crippen molar-refractivity contribution in [2.75, 3.05) is 4.72 Å². The third kappa shape index (κ3) is 3.79. The van der Waals surface area contributed by atoms with E-state index in [9.17, 15) is 8.42 Å². The van der Waals surface area contributed by atoms with Gasteiger partial charge in [0.15, 0.2) is 0 Å². The van der Waals surface area contributed by atoms with Gasteiger partial charge in [-0.1, -0.05) is 48.0 Å². The lowest BCUT2D eigenvalue weighted by Gasteiger charge is -2.10. The molecule has 4 aromatic rings. The lowest BCUT2D eigenvalue weighted by atomic mass is 10.2. The molecule has 0 aliphatic rings. The number of hydrogen-bond acceptors (Lipinski definition) is 4. The van der Waals surface area contributed by atoms with Crippen LogP contribution < -0.4 is 4.72 Å². The number of nitrogens with zero attached hydrogens (tertiary/aromatic N) is 3. The first-order valence-corrected chi connectivity index (χ1v) is 11.2. The van der Waals surface area contributed by atoms with Crippen LogP contribution in [0.15, 0.2) is 82.8 Å². The molecule has 0 saturated carbocycles. The molecule has 0 spiro atoms. The summed E-state index contributed by atoms with van der Waals surface area (Å²) in [6, 6.07) is 21.6. The van der Waals surface area contributed by atoms with Crippen molar-refractivity contribution < 1.29 is 8.42 Å². The van der Waals surface area contributed by atoms with Gasteiger partial charge in [0.2, 0.25) is 4.77 Å². The maximum atomic E-state index is 12.8. The molecule has 0 radical (unpaired) electrons. The number of hydrogen-bond donors (Lipinski definition) is 1. The highest BCUT2D eigenvalue weighted by Crippen LogP contribution is 2.20. The van der Waals surface area contributed by atoms with Crippen LogP contribution in [0.1, 0.15) is 11.1 Å². The second-order valence-electron chi connectivity index (χ2n) is 6.89. The Morgan fingerprint density at radius 1 is 0.933 bits per heavy atom. The normalized spacial score (nSPS) is 11.9. The van der Waals surface area contributed by atoms with Gasteiger partial charge >= 0.3 is 0 Å². The predicted molar refractivity (Wildman–Crippen MR) is 123 cm³/mol. The van der Waals surface area contributed by atoms with E-state index in [1.165, 1.54) is 0 Å². The third-order valence-electron chi connectivity index (χ3n) is 4.79. The fraction of sp³-hybridized carbons (Fsp3) is 0.0909. The highest BCUT2D eigenvalue weighted by atomic mass is 32.2. The summed E-state index contributed by atoms with van der Waals surface area (Å²) in [6.45, 7) is 1.91. The zero-order valence-electron chi connectivity index (χ0n) is 16.5. The van der Waals surface area contributed by atoms with E-state index in [1.54, 1.807) is 53.4 Å². The van der Waals surface area contributed by atoms with Crippen molar-refractivity contribution in [2.45, 2.75) is 11.8 Å². The van der Waals surface area contributed by atoms with Crippen LogP contribution in [0.4, 0.5) is 5.69 Å². The highest BCUT2D eigenvalue weighted by molar-refractivity contribution is 7.92. The summed E-state index contributed by atoms with van der Waals surface area (Å²) < 4.78 is 32.3. The van der Waals surface area contributed by atoms with E-state index in [4.69, 9.17) is 12.2 Å². The molecular formula is C22H20N4O2S2. The standard InChI is InChI=1S/C22H20N4O2S2/c1-16-11-13-18(14-12-16)30(27,28)24-19-8-4-3-7-17(19)15-23-26-21-10-6-5-9-20(21)25(2)22(26)29/h3-15,24H,1-2H3. The van der Waals surface area contributed by atoms with Crippen molar-refractivity contribution in [3.63, 3.8) is 0 Å². The number of anilines is 1. The van der Waals surface area contributed by atoms with Gasteiger partial charge in [-0.2, -0.15) is 5.10 Å². The molecule has 8 heteroatoms. The van der Waals surface area contributed by atoms with Crippen molar-refractivity contribution in [3.8, 4) is 0 Å². The van der Waals surface area contributed by atoms with Crippen LogP contribution in [0.25, 0.3) is 11.0 Å². The Morgan fingerprint density at radius 3 is 2.30 bits per heavy atom. The van der Waals surface area contributed by atoms with Gasteiger partial charge in [-0.05, 0) is 49.5 Å². The van der Waals surface area contributed by atoms with Gasteiger partial charge in [-0.3, -0.25) is 4.72 Å². The molecular weight excluding hydrogens is 416 g/mol. The number of benzene rings is 3. The molecule has 1 aromatic heterocycles. The molecule has 0 fully saturated rings. The Kier molecular flexibility index (Phi) is 5.27. The van der Waals surface area contributed by atoms with E-state index in [-0.39, 0.29) is 4.90 Å². The second-order valence-corrected chi connectivity index (χ2v) is 8.94. The molecule has 0 unspecified atom stereocenters. The van der Waals surface area contributed by atoms with E-state index < -0.39 is 10.0 Å². The smallest absolute Gasteiger partial charge is 0.261 e. The molecule has 4 rings (SSSR count). The topological polar surface area (TPSA) is 68.4 Å². The molecule has 0 bridgehead atoms. The number of aromatic nitrogens is 2. The lowest BCUT2D eigenvalue weighted by Crippen LogP contribution is -2.14. The Hall–Kier alpha value is -3.23. The number of rotatable bonds is 5. The van der Waals surface area contributed by atoms with Gasteiger partial charge in [0.25, 0.3) is 10.0 Å². The average molecular weight is 437 g/mol. The number of nitrogens with one attached hydrogen (secondary N) is 1. The first kappa shape index (κ1) is 20.1. The Balaban J connectivity index is 1.71. The summed E-state index contributed by atoms with van der Waals surface area (Å²) in [5.74, 6) is 0. The molecule has 3 aromatic carbocycles. The van der Waals surface area contributed by atoms with Crippen LogP contribution in [0.2, 0.25) is 0 Å². The second kappa shape index (κ2) is 7.89. The van der Waals surface area contributed by atoms with Crippen molar-refractivity contribution in [1.29, 1.82) is 0 Å². The SMILES string of the molecule is Cc1ccc(S(=O)(=O)Nc2ccccc2C=Nn2c(=S)n(C)c3ccccc32)cc1. The minimum atomic E-state index is -3.72. The molecule has 6 nitrogen and oxygen atoms in total. The summed E-state index contributed by atoms with van der Waals surface area (Å²) >= 11 is 5.51. The molecule has 0 saturated heterocycles.